The predicted molar refractivity (Wildman–Crippen MR) is 80.9 cm³/mol. The van der Waals surface area contributed by atoms with E-state index in [9.17, 15) is 9.59 Å². The molecule has 2 aromatic carbocycles. The molecule has 0 radical (unpaired) electrons. The molecule has 0 aliphatic heterocycles. The minimum atomic E-state index is -0.931. The van der Waals surface area contributed by atoms with Crippen molar-refractivity contribution >= 4 is 23.7 Å². The Balaban J connectivity index is 0.000000211. The average molecular weight is 285 g/mol. The zero-order chi connectivity index (χ0) is 15.7. The van der Waals surface area contributed by atoms with Gasteiger partial charge in [0.2, 0.25) is 0 Å². The van der Waals surface area contributed by atoms with Crippen LogP contribution >= 0.6 is 0 Å². The largest absolute Gasteiger partial charge is 0.478 e. The molecule has 5 heteroatoms. The number of carboxylic acid groups (broad SMARTS) is 2. The lowest BCUT2D eigenvalue weighted by atomic mass is 10.2. The van der Waals surface area contributed by atoms with Crippen molar-refractivity contribution in [3.8, 4) is 0 Å². The molecule has 0 unspecified atom stereocenters. The van der Waals surface area contributed by atoms with Gasteiger partial charge >= 0.3 is 11.9 Å². The summed E-state index contributed by atoms with van der Waals surface area (Å²) in [5, 5.41) is 16.7. The molecule has 0 saturated heterocycles. The van der Waals surface area contributed by atoms with Gasteiger partial charge in [0.1, 0.15) is 0 Å². The van der Waals surface area contributed by atoms with E-state index in [0.717, 1.165) is 11.6 Å². The molecule has 2 rings (SSSR count). The fraction of sp³-hybridized carbons (Fsp3) is 0. The summed E-state index contributed by atoms with van der Waals surface area (Å²) in [6.45, 7) is 0. The molecule has 0 spiro atoms. The van der Waals surface area contributed by atoms with Crippen molar-refractivity contribution < 1.29 is 19.8 Å². The maximum Gasteiger partial charge on any atom is 0.335 e. The Labute approximate surface area is 122 Å². The highest BCUT2D eigenvalue weighted by Gasteiger charge is 1.98. The van der Waals surface area contributed by atoms with Crippen LogP contribution < -0.4 is 5.73 Å². The first kappa shape index (κ1) is 16.0. The molecule has 5 nitrogen and oxygen atoms in total. The number of aliphatic carboxylic acids is 1. The van der Waals surface area contributed by atoms with E-state index in [0.29, 0.717) is 5.69 Å². The first-order valence-electron chi connectivity index (χ1n) is 6.04. The number of hydrogen-bond donors (Lipinski definition) is 3. The number of benzene rings is 2. The van der Waals surface area contributed by atoms with E-state index in [1.54, 1.807) is 18.2 Å². The molecule has 0 heterocycles. The Morgan fingerprint density at radius 3 is 1.95 bits per heavy atom. The highest BCUT2D eigenvalue weighted by atomic mass is 16.4. The lowest BCUT2D eigenvalue weighted by Crippen LogP contribution is -1.95. The van der Waals surface area contributed by atoms with Crippen LogP contribution in [0.4, 0.5) is 5.69 Å². The normalized spacial score (nSPS) is 9.71. The summed E-state index contributed by atoms with van der Waals surface area (Å²) in [7, 11) is 0. The highest BCUT2D eigenvalue weighted by Crippen LogP contribution is 2.04. The van der Waals surface area contributed by atoms with Gasteiger partial charge in [-0.3, -0.25) is 0 Å². The molecule has 0 aliphatic carbocycles. The van der Waals surface area contributed by atoms with Crippen LogP contribution in [-0.2, 0) is 4.79 Å². The number of aromatic carboxylic acids is 1. The SMILES string of the molecule is Nc1ccc(C(=O)O)cc1.O=C(O)/C=C/c1ccccc1. The number of nitrogen functional groups attached to an aromatic ring is 1. The van der Waals surface area contributed by atoms with Crippen LogP contribution in [0, 0.1) is 0 Å². The van der Waals surface area contributed by atoms with Crippen LogP contribution in [0.3, 0.4) is 0 Å². The Morgan fingerprint density at radius 2 is 1.48 bits per heavy atom. The fourth-order valence-corrected chi connectivity index (χ4v) is 1.36. The minimum absolute atomic E-state index is 0.259. The van der Waals surface area contributed by atoms with Gasteiger partial charge in [0, 0.05) is 11.8 Å². The minimum Gasteiger partial charge on any atom is -0.478 e. The second kappa shape index (κ2) is 8.16. The second-order valence-electron chi connectivity index (χ2n) is 4.01. The van der Waals surface area contributed by atoms with Crippen molar-refractivity contribution in [2.24, 2.45) is 0 Å². The zero-order valence-electron chi connectivity index (χ0n) is 11.1. The molecule has 0 fully saturated rings. The molecule has 0 atom stereocenters. The van der Waals surface area contributed by atoms with Crippen LogP contribution in [0.25, 0.3) is 6.08 Å². The van der Waals surface area contributed by atoms with Gasteiger partial charge in [-0.2, -0.15) is 0 Å². The molecule has 0 aromatic heterocycles. The zero-order valence-corrected chi connectivity index (χ0v) is 11.1. The summed E-state index contributed by atoms with van der Waals surface area (Å²) < 4.78 is 0. The van der Waals surface area contributed by atoms with Gasteiger partial charge in [0.15, 0.2) is 0 Å². The molecule has 0 aliphatic rings. The number of hydrogen-bond acceptors (Lipinski definition) is 3. The van der Waals surface area contributed by atoms with E-state index >= 15 is 0 Å². The number of anilines is 1. The van der Waals surface area contributed by atoms with Gasteiger partial charge in [0.05, 0.1) is 5.56 Å². The Bertz CT molecular complexity index is 618. The second-order valence-corrected chi connectivity index (χ2v) is 4.01. The van der Waals surface area contributed by atoms with Crippen LogP contribution in [0.2, 0.25) is 0 Å². The van der Waals surface area contributed by atoms with Crippen molar-refractivity contribution in [2.45, 2.75) is 0 Å². The third-order valence-electron chi connectivity index (χ3n) is 2.38. The topological polar surface area (TPSA) is 101 Å². The Morgan fingerprint density at radius 1 is 0.905 bits per heavy atom. The number of nitrogens with two attached hydrogens (primary N) is 1. The lowest BCUT2D eigenvalue weighted by molar-refractivity contribution is -0.131. The van der Waals surface area contributed by atoms with E-state index in [4.69, 9.17) is 15.9 Å². The number of rotatable bonds is 3. The molecule has 0 saturated carbocycles. The first-order chi connectivity index (χ1) is 9.99. The van der Waals surface area contributed by atoms with Crippen LogP contribution in [0.1, 0.15) is 15.9 Å². The fourth-order valence-electron chi connectivity index (χ4n) is 1.36. The summed E-state index contributed by atoms with van der Waals surface area (Å²) in [6.07, 6.45) is 2.68. The smallest absolute Gasteiger partial charge is 0.335 e. The van der Waals surface area contributed by atoms with E-state index in [1.165, 1.54) is 12.1 Å². The van der Waals surface area contributed by atoms with Gasteiger partial charge in [0.25, 0.3) is 0 Å². The summed E-state index contributed by atoms with van der Waals surface area (Å²) in [5.74, 6) is -1.85. The van der Waals surface area contributed by atoms with Gasteiger partial charge in [-0.15, -0.1) is 0 Å². The lowest BCUT2D eigenvalue weighted by Gasteiger charge is -1.93. The van der Waals surface area contributed by atoms with E-state index in [1.807, 2.05) is 30.3 Å². The van der Waals surface area contributed by atoms with Crippen molar-refractivity contribution in [3.05, 3.63) is 71.8 Å². The van der Waals surface area contributed by atoms with Gasteiger partial charge in [-0.1, -0.05) is 30.3 Å². The monoisotopic (exact) mass is 285 g/mol. The summed E-state index contributed by atoms with van der Waals surface area (Å²) in [6, 6.07) is 15.4. The molecule has 0 bridgehead atoms. The molecule has 2 aromatic rings. The summed E-state index contributed by atoms with van der Waals surface area (Å²) in [5.41, 5.74) is 7.06. The van der Waals surface area contributed by atoms with E-state index in [-0.39, 0.29) is 5.56 Å². The number of carboxylic acids is 2. The van der Waals surface area contributed by atoms with Crippen LogP contribution in [0.15, 0.2) is 60.7 Å². The van der Waals surface area contributed by atoms with Crippen LogP contribution in [0.5, 0.6) is 0 Å². The first-order valence-corrected chi connectivity index (χ1v) is 6.04. The molecule has 4 N–H and O–H groups in total. The molecule has 0 amide bonds. The summed E-state index contributed by atoms with van der Waals surface area (Å²) >= 11 is 0. The molecule has 108 valence electrons. The van der Waals surface area contributed by atoms with Crippen molar-refractivity contribution in [2.75, 3.05) is 5.73 Å². The number of carbonyl (C=O) groups is 2. The maximum absolute atomic E-state index is 10.3. The van der Waals surface area contributed by atoms with Gasteiger partial charge < -0.3 is 15.9 Å². The molecular formula is C16H15NO4. The summed E-state index contributed by atoms with van der Waals surface area (Å²) in [4.78, 5) is 20.4. The van der Waals surface area contributed by atoms with Gasteiger partial charge in [-0.25, -0.2) is 9.59 Å². The third-order valence-corrected chi connectivity index (χ3v) is 2.38. The Kier molecular flexibility index (Phi) is 6.21. The van der Waals surface area contributed by atoms with Crippen molar-refractivity contribution in [1.29, 1.82) is 0 Å². The predicted octanol–water partition coefficient (Wildman–Crippen LogP) is 2.75. The van der Waals surface area contributed by atoms with Crippen molar-refractivity contribution in [3.63, 3.8) is 0 Å². The quantitative estimate of drug-likeness (QED) is 0.594. The third kappa shape index (κ3) is 6.58. The van der Waals surface area contributed by atoms with E-state index < -0.39 is 11.9 Å². The maximum atomic E-state index is 10.3. The molecular weight excluding hydrogens is 270 g/mol. The highest BCUT2D eigenvalue weighted by molar-refractivity contribution is 5.87. The van der Waals surface area contributed by atoms with Crippen LogP contribution in [-0.4, -0.2) is 22.2 Å². The van der Waals surface area contributed by atoms with E-state index in [2.05, 4.69) is 0 Å². The average Bonchev–Trinajstić information content (AvgIpc) is 2.47. The Hall–Kier alpha value is -3.08. The van der Waals surface area contributed by atoms with Crippen molar-refractivity contribution in [1.82, 2.24) is 0 Å². The standard InChI is InChI=1S/C9H8O2.C7H7NO2/c10-9(11)7-6-8-4-2-1-3-5-8;8-6-3-1-5(2-4-6)7(9)10/h1-7H,(H,10,11);1-4H,8H2,(H,9,10)/b7-6+;. The van der Waals surface area contributed by atoms with Gasteiger partial charge in [-0.05, 0) is 35.9 Å². The molecule has 21 heavy (non-hydrogen) atoms.